The van der Waals surface area contributed by atoms with Crippen molar-refractivity contribution < 1.29 is 0 Å². The third-order valence-corrected chi connectivity index (χ3v) is 4.07. The molecule has 0 saturated heterocycles. The van der Waals surface area contributed by atoms with Crippen LogP contribution < -0.4 is 0 Å². The molecule has 0 aromatic heterocycles. The standard InChI is InChI=1S/C16H34/c1-6-10-15(9-4)13-16(11-7-2)12-14(5)8-3/h14-16H,6-13H2,1-5H3. The first-order valence-electron chi connectivity index (χ1n) is 7.67. The SMILES string of the molecule is CCCC(CC)CC(CCC)CC(C)CC. The fourth-order valence-electron chi connectivity index (χ4n) is 2.84. The topological polar surface area (TPSA) is 0 Å². The Morgan fingerprint density at radius 3 is 1.69 bits per heavy atom. The molecule has 0 radical (unpaired) electrons. The maximum Gasteiger partial charge on any atom is -0.0409 e. The van der Waals surface area contributed by atoms with Gasteiger partial charge in [-0.15, -0.1) is 0 Å². The number of hydrogen-bond acceptors (Lipinski definition) is 0. The molecule has 3 atom stereocenters. The first kappa shape index (κ1) is 16.0. The van der Waals surface area contributed by atoms with Gasteiger partial charge in [-0.3, -0.25) is 0 Å². The molecule has 0 bridgehead atoms. The summed E-state index contributed by atoms with van der Waals surface area (Å²) in [7, 11) is 0. The molecule has 0 amide bonds. The molecule has 3 unspecified atom stereocenters. The summed E-state index contributed by atoms with van der Waals surface area (Å²) < 4.78 is 0. The molecule has 0 aliphatic heterocycles. The van der Waals surface area contributed by atoms with E-state index in [1.54, 1.807) is 0 Å². The van der Waals surface area contributed by atoms with Crippen LogP contribution in [0.25, 0.3) is 0 Å². The van der Waals surface area contributed by atoms with E-state index in [4.69, 9.17) is 0 Å². The van der Waals surface area contributed by atoms with Crippen molar-refractivity contribution in [2.45, 2.75) is 86.0 Å². The average molecular weight is 226 g/mol. The highest BCUT2D eigenvalue weighted by molar-refractivity contribution is 4.68. The van der Waals surface area contributed by atoms with Crippen molar-refractivity contribution in [3.05, 3.63) is 0 Å². The fourth-order valence-corrected chi connectivity index (χ4v) is 2.84. The molecule has 0 aromatic rings. The average Bonchev–Trinajstić information content (AvgIpc) is 2.28. The molecular formula is C16H34. The van der Waals surface area contributed by atoms with Crippen molar-refractivity contribution >= 4 is 0 Å². The van der Waals surface area contributed by atoms with Crippen LogP contribution >= 0.6 is 0 Å². The highest BCUT2D eigenvalue weighted by atomic mass is 14.2. The quantitative estimate of drug-likeness (QED) is 0.425. The summed E-state index contributed by atoms with van der Waals surface area (Å²) >= 11 is 0. The van der Waals surface area contributed by atoms with Crippen molar-refractivity contribution in [3.8, 4) is 0 Å². The molecule has 0 fully saturated rings. The van der Waals surface area contributed by atoms with E-state index >= 15 is 0 Å². The van der Waals surface area contributed by atoms with E-state index in [2.05, 4.69) is 34.6 Å². The van der Waals surface area contributed by atoms with Crippen molar-refractivity contribution in [1.29, 1.82) is 0 Å². The smallest absolute Gasteiger partial charge is 0.0409 e. The van der Waals surface area contributed by atoms with Gasteiger partial charge in [0.2, 0.25) is 0 Å². The summed E-state index contributed by atoms with van der Waals surface area (Å²) in [5, 5.41) is 0. The zero-order valence-electron chi connectivity index (χ0n) is 12.4. The minimum Gasteiger partial charge on any atom is -0.0654 e. The molecule has 16 heavy (non-hydrogen) atoms. The predicted molar refractivity (Wildman–Crippen MR) is 75.8 cm³/mol. The normalized spacial score (nSPS) is 17.1. The lowest BCUT2D eigenvalue weighted by Crippen LogP contribution is -2.12. The Bertz CT molecular complexity index is 139. The van der Waals surface area contributed by atoms with Crippen molar-refractivity contribution in [3.63, 3.8) is 0 Å². The maximum atomic E-state index is 2.42. The van der Waals surface area contributed by atoms with Crippen LogP contribution in [0.3, 0.4) is 0 Å². The Morgan fingerprint density at radius 2 is 1.25 bits per heavy atom. The third-order valence-electron chi connectivity index (χ3n) is 4.07. The zero-order chi connectivity index (χ0) is 12.4. The van der Waals surface area contributed by atoms with Crippen LogP contribution in [0.1, 0.15) is 86.0 Å². The van der Waals surface area contributed by atoms with E-state index in [0.29, 0.717) is 0 Å². The fraction of sp³-hybridized carbons (Fsp3) is 1.00. The van der Waals surface area contributed by atoms with Gasteiger partial charge in [-0.1, -0.05) is 73.1 Å². The van der Waals surface area contributed by atoms with Gasteiger partial charge in [-0.05, 0) is 30.6 Å². The molecule has 0 aromatic carbocycles. The van der Waals surface area contributed by atoms with Gasteiger partial charge in [0.1, 0.15) is 0 Å². The van der Waals surface area contributed by atoms with E-state index in [1.807, 2.05) is 0 Å². The first-order chi connectivity index (χ1) is 7.67. The van der Waals surface area contributed by atoms with E-state index in [1.165, 1.54) is 51.4 Å². The monoisotopic (exact) mass is 226 g/mol. The number of hydrogen-bond donors (Lipinski definition) is 0. The van der Waals surface area contributed by atoms with E-state index in [0.717, 1.165) is 17.8 Å². The number of rotatable bonds is 10. The molecule has 0 N–H and O–H groups in total. The molecule has 0 aliphatic carbocycles. The Kier molecular flexibility index (Phi) is 10.2. The second kappa shape index (κ2) is 10.2. The first-order valence-corrected chi connectivity index (χ1v) is 7.67. The van der Waals surface area contributed by atoms with E-state index in [-0.39, 0.29) is 0 Å². The Balaban J connectivity index is 4.07. The second-order valence-electron chi connectivity index (χ2n) is 5.70. The zero-order valence-corrected chi connectivity index (χ0v) is 12.4. The second-order valence-corrected chi connectivity index (χ2v) is 5.70. The molecular weight excluding hydrogens is 192 g/mol. The largest absolute Gasteiger partial charge is 0.0654 e. The molecule has 0 heteroatoms. The Labute approximate surface area is 104 Å². The molecule has 98 valence electrons. The van der Waals surface area contributed by atoms with Gasteiger partial charge < -0.3 is 0 Å². The summed E-state index contributed by atoms with van der Waals surface area (Å²) in [6, 6.07) is 0. The molecule has 0 saturated carbocycles. The van der Waals surface area contributed by atoms with Crippen LogP contribution in [0.4, 0.5) is 0 Å². The molecule has 0 aliphatic rings. The van der Waals surface area contributed by atoms with Gasteiger partial charge in [0.15, 0.2) is 0 Å². The van der Waals surface area contributed by atoms with E-state index in [9.17, 15) is 0 Å². The van der Waals surface area contributed by atoms with Crippen molar-refractivity contribution in [1.82, 2.24) is 0 Å². The van der Waals surface area contributed by atoms with Gasteiger partial charge in [0, 0.05) is 0 Å². The maximum absolute atomic E-state index is 2.42. The van der Waals surface area contributed by atoms with Gasteiger partial charge >= 0.3 is 0 Å². The summed E-state index contributed by atoms with van der Waals surface area (Å²) in [5.41, 5.74) is 0. The molecule has 0 nitrogen and oxygen atoms in total. The Hall–Kier alpha value is 0. The highest BCUT2D eigenvalue weighted by Gasteiger charge is 2.16. The van der Waals surface area contributed by atoms with Crippen LogP contribution in [0, 0.1) is 17.8 Å². The highest BCUT2D eigenvalue weighted by Crippen LogP contribution is 2.29. The molecule has 0 spiro atoms. The van der Waals surface area contributed by atoms with Crippen molar-refractivity contribution in [2.75, 3.05) is 0 Å². The lowest BCUT2D eigenvalue weighted by Gasteiger charge is -2.24. The summed E-state index contributed by atoms with van der Waals surface area (Å²) in [5.74, 6) is 2.91. The van der Waals surface area contributed by atoms with Crippen LogP contribution in [-0.2, 0) is 0 Å². The van der Waals surface area contributed by atoms with Crippen LogP contribution in [-0.4, -0.2) is 0 Å². The van der Waals surface area contributed by atoms with Gasteiger partial charge in [0.05, 0.1) is 0 Å². The van der Waals surface area contributed by atoms with Gasteiger partial charge in [-0.2, -0.15) is 0 Å². The van der Waals surface area contributed by atoms with Gasteiger partial charge in [-0.25, -0.2) is 0 Å². The minimum atomic E-state index is 0.927. The van der Waals surface area contributed by atoms with Crippen molar-refractivity contribution in [2.24, 2.45) is 17.8 Å². The lowest BCUT2D eigenvalue weighted by molar-refractivity contribution is 0.277. The predicted octanol–water partition coefficient (Wildman–Crippen LogP) is 6.06. The molecule has 0 rings (SSSR count). The van der Waals surface area contributed by atoms with Crippen LogP contribution in [0.15, 0.2) is 0 Å². The molecule has 0 heterocycles. The minimum absolute atomic E-state index is 0.927. The lowest BCUT2D eigenvalue weighted by atomic mass is 9.82. The van der Waals surface area contributed by atoms with Crippen LogP contribution in [0.2, 0.25) is 0 Å². The van der Waals surface area contributed by atoms with Gasteiger partial charge in [0.25, 0.3) is 0 Å². The summed E-state index contributed by atoms with van der Waals surface area (Å²) in [4.78, 5) is 0. The summed E-state index contributed by atoms with van der Waals surface area (Å²) in [6.07, 6.45) is 11.3. The van der Waals surface area contributed by atoms with Crippen LogP contribution in [0.5, 0.6) is 0 Å². The Morgan fingerprint density at radius 1 is 0.688 bits per heavy atom. The van der Waals surface area contributed by atoms with E-state index < -0.39 is 0 Å². The summed E-state index contributed by atoms with van der Waals surface area (Å²) in [6.45, 7) is 11.8. The third kappa shape index (κ3) is 7.30.